The molecule has 1 heterocycles. The van der Waals surface area contributed by atoms with Crippen molar-refractivity contribution in [2.45, 2.75) is 13.3 Å². The Morgan fingerprint density at radius 2 is 1.92 bits per heavy atom. The topological polar surface area (TPSA) is 82.6 Å². The van der Waals surface area contributed by atoms with E-state index >= 15 is 0 Å². The van der Waals surface area contributed by atoms with Crippen LogP contribution >= 0.6 is 0 Å². The van der Waals surface area contributed by atoms with Crippen molar-refractivity contribution >= 4 is 16.7 Å². The van der Waals surface area contributed by atoms with Crippen molar-refractivity contribution in [2.24, 2.45) is 0 Å². The first-order valence-corrected chi connectivity index (χ1v) is 7.50. The Hall–Kier alpha value is -3.15. The lowest BCUT2D eigenvalue weighted by molar-refractivity contribution is -0.384. The number of rotatable bonds is 5. The Bertz CT molecular complexity index is 944. The highest BCUT2D eigenvalue weighted by atomic mass is 16.6. The molecule has 24 heavy (non-hydrogen) atoms. The molecule has 0 radical (unpaired) electrons. The zero-order valence-corrected chi connectivity index (χ0v) is 13.0. The van der Waals surface area contributed by atoms with E-state index in [1.807, 2.05) is 19.1 Å². The number of nitro groups is 1. The Labute approximate surface area is 137 Å². The summed E-state index contributed by atoms with van der Waals surface area (Å²) in [5.74, 6) is 0.536. The minimum atomic E-state index is -0.455. The average Bonchev–Trinajstić information content (AvgIpc) is 2.57. The molecule has 0 aliphatic heterocycles. The molecule has 0 bridgehead atoms. The molecule has 2 aromatic carbocycles. The fourth-order valence-corrected chi connectivity index (χ4v) is 2.51. The number of nitro benzene ring substituents is 1. The zero-order valence-electron chi connectivity index (χ0n) is 13.0. The lowest BCUT2D eigenvalue weighted by Gasteiger charge is -2.07. The third-order valence-corrected chi connectivity index (χ3v) is 3.64. The van der Waals surface area contributed by atoms with Gasteiger partial charge in [0.2, 0.25) is 0 Å². The van der Waals surface area contributed by atoms with Crippen LogP contribution in [0.2, 0.25) is 0 Å². The maximum atomic E-state index is 12.2. The van der Waals surface area contributed by atoms with Crippen LogP contribution in [0, 0.1) is 10.1 Å². The van der Waals surface area contributed by atoms with Crippen LogP contribution in [0.5, 0.6) is 5.75 Å². The average molecular weight is 325 g/mol. The summed E-state index contributed by atoms with van der Waals surface area (Å²) in [6.07, 6.45) is 0.342. The number of para-hydroxylation sites is 1. The molecule has 0 atom stereocenters. The van der Waals surface area contributed by atoms with Crippen molar-refractivity contribution < 1.29 is 14.1 Å². The van der Waals surface area contributed by atoms with Crippen LogP contribution in [-0.4, -0.2) is 11.5 Å². The molecule has 0 N–H and O–H groups in total. The van der Waals surface area contributed by atoms with E-state index in [1.54, 1.807) is 24.3 Å². The molecule has 0 aliphatic carbocycles. The quantitative estimate of drug-likeness (QED) is 0.406. The van der Waals surface area contributed by atoms with Gasteiger partial charge in [-0.15, -0.1) is 0 Å². The summed E-state index contributed by atoms with van der Waals surface area (Å²) in [5.41, 5.74) is 1.30. The summed E-state index contributed by atoms with van der Waals surface area (Å²) in [4.78, 5) is 22.5. The van der Waals surface area contributed by atoms with Gasteiger partial charge in [-0.1, -0.05) is 24.3 Å². The smallest absolute Gasteiger partial charge is 0.339 e. The number of nitrogens with zero attached hydrogens (tertiary/aromatic N) is 1. The molecular weight excluding hydrogens is 310 g/mol. The van der Waals surface area contributed by atoms with E-state index in [0.29, 0.717) is 29.9 Å². The molecule has 1 aromatic heterocycles. The van der Waals surface area contributed by atoms with Crippen molar-refractivity contribution in [2.75, 3.05) is 6.61 Å². The summed E-state index contributed by atoms with van der Waals surface area (Å²) in [7, 11) is 0. The second-order valence-electron chi connectivity index (χ2n) is 5.27. The van der Waals surface area contributed by atoms with Crippen LogP contribution in [0.25, 0.3) is 11.0 Å². The van der Waals surface area contributed by atoms with Gasteiger partial charge in [-0.2, -0.15) is 0 Å². The highest BCUT2D eigenvalue weighted by Gasteiger charge is 2.11. The highest BCUT2D eigenvalue weighted by molar-refractivity contribution is 5.82. The number of ether oxygens (including phenoxy) is 1. The van der Waals surface area contributed by atoms with E-state index in [4.69, 9.17) is 9.15 Å². The lowest BCUT2D eigenvalue weighted by Crippen LogP contribution is -2.08. The van der Waals surface area contributed by atoms with Gasteiger partial charge in [-0.25, -0.2) is 4.79 Å². The Balaban J connectivity index is 1.96. The summed E-state index contributed by atoms with van der Waals surface area (Å²) in [6, 6.07) is 13.3. The molecule has 0 aliphatic rings. The van der Waals surface area contributed by atoms with Gasteiger partial charge in [0.25, 0.3) is 5.69 Å². The van der Waals surface area contributed by atoms with Gasteiger partial charge in [-0.05, 0) is 24.6 Å². The number of hydrogen-bond donors (Lipinski definition) is 0. The van der Waals surface area contributed by atoms with Crippen LogP contribution in [0.1, 0.15) is 18.1 Å². The number of fused-ring (bicyclic) bond motifs is 1. The molecule has 0 unspecified atom stereocenters. The summed E-state index contributed by atoms with van der Waals surface area (Å²) in [6.45, 7) is 2.34. The SMILES string of the molecule is CCOc1cccc2cc(Cc3ccc([N+](=O)[O-])cc3)c(=O)oc12. The van der Waals surface area contributed by atoms with E-state index in [2.05, 4.69) is 0 Å². The van der Waals surface area contributed by atoms with Crippen molar-refractivity contribution in [3.8, 4) is 5.75 Å². The molecule has 3 rings (SSSR count). The minimum absolute atomic E-state index is 0.0191. The highest BCUT2D eigenvalue weighted by Crippen LogP contribution is 2.25. The van der Waals surface area contributed by atoms with E-state index in [1.165, 1.54) is 12.1 Å². The van der Waals surface area contributed by atoms with Crippen LogP contribution in [0.3, 0.4) is 0 Å². The summed E-state index contributed by atoms with van der Waals surface area (Å²) in [5, 5.41) is 11.5. The van der Waals surface area contributed by atoms with Gasteiger partial charge in [-0.3, -0.25) is 10.1 Å². The van der Waals surface area contributed by atoms with E-state index in [9.17, 15) is 14.9 Å². The second kappa shape index (κ2) is 6.54. The largest absolute Gasteiger partial charge is 0.490 e. The molecule has 0 amide bonds. The van der Waals surface area contributed by atoms with Gasteiger partial charge in [0.1, 0.15) is 0 Å². The predicted octanol–water partition coefficient (Wildman–Crippen LogP) is 3.69. The molecule has 0 fully saturated rings. The van der Waals surface area contributed by atoms with Crippen LogP contribution in [0.15, 0.2) is 57.7 Å². The summed E-state index contributed by atoms with van der Waals surface area (Å²) < 4.78 is 10.9. The van der Waals surface area contributed by atoms with Gasteiger partial charge in [0, 0.05) is 29.5 Å². The molecule has 0 spiro atoms. The predicted molar refractivity (Wildman–Crippen MR) is 89.6 cm³/mol. The minimum Gasteiger partial charge on any atom is -0.490 e. The monoisotopic (exact) mass is 325 g/mol. The maximum Gasteiger partial charge on any atom is 0.339 e. The summed E-state index contributed by atoms with van der Waals surface area (Å²) >= 11 is 0. The number of hydrogen-bond acceptors (Lipinski definition) is 5. The molecular formula is C18H15NO5. The molecule has 3 aromatic rings. The van der Waals surface area contributed by atoms with E-state index < -0.39 is 10.5 Å². The first-order valence-electron chi connectivity index (χ1n) is 7.50. The van der Waals surface area contributed by atoms with Gasteiger partial charge >= 0.3 is 5.63 Å². The zero-order chi connectivity index (χ0) is 17.1. The van der Waals surface area contributed by atoms with Crippen molar-refractivity contribution in [3.63, 3.8) is 0 Å². The first kappa shape index (κ1) is 15.7. The Morgan fingerprint density at radius 1 is 1.17 bits per heavy atom. The van der Waals surface area contributed by atoms with E-state index in [-0.39, 0.29) is 5.69 Å². The maximum absolute atomic E-state index is 12.2. The molecule has 122 valence electrons. The molecule has 6 heteroatoms. The molecule has 6 nitrogen and oxygen atoms in total. The van der Waals surface area contributed by atoms with Gasteiger partial charge in [0.15, 0.2) is 11.3 Å². The van der Waals surface area contributed by atoms with Crippen LogP contribution in [0.4, 0.5) is 5.69 Å². The molecule has 0 saturated heterocycles. The number of non-ortho nitro benzene ring substituents is 1. The standard InChI is InChI=1S/C18H15NO5/c1-2-23-16-5-3-4-13-11-14(18(20)24-17(13)16)10-12-6-8-15(9-7-12)19(21)22/h3-9,11H,2,10H2,1H3. The van der Waals surface area contributed by atoms with Crippen LogP contribution < -0.4 is 10.4 Å². The van der Waals surface area contributed by atoms with Crippen molar-refractivity contribution in [1.29, 1.82) is 0 Å². The third kappa shape index (κ3) is 3.12. The van der Waals surface area contributed by atoms with Gasteiger partial charge < -0.3 is 9.15 Å². The second-order valence-corrected chi connectivity index (χ2v) is 5.27. The normalized spacial score (nSPS) is 10.7. The van der Waals surface area contributed by atoms with Crippen molar-refractivity contribution in [1.82, 2.24) is 0 Å². The fraction of sp³-hybridized carbons (Fsp3) is 0.167. The first-order chi connectivity index (χ1) is 11.6. The van der Waals surface area contributed by atoms with Crippen molar-refractivity contribution in [3.05, 3.63) is 80.2 Å². The molecule has 0 saturated carbocycles. The number of benzene rings is 2. The lowest BCUT2D eigenvalue weighted by atomic mass is 10.0. The third-order valence-electron chi connectivity index (χ3n) is 3.64. The Kier molecular flexibility index (Phi) is 4.29. The van der Waals surface area contributed by atoms with Crippen LogP contribution in [-0.2, 0) is 6.42 Å². The van der Waals surface area contributed by atoms with E-state index in [0.717, 1.165) is 10.9 Å². The van der Waals surface area contributed by atoms with Gasteiger partial charge in [0.05, 0.1) is 11.5 Å². The fourth-order valence-electron chi connectivity index (χ4n) is 2.51. The Morgan fingerprint density at radius 3 is 2.58 bits per heavy atom.